The molecule has 1 aromatic heterocycles. The second-order valence-corrected chi connectivity index (χ2v) is 8.88. The number of halogens is 2. The molecule has 0 radical (unpaired) electrons. The third kappa shape index (κ3) is 3.30. The van der Waals surface area contributed by atoms with Crippen molar-refractivity contribution in [1.82, 2.24) is 0 Å². The van der Waals surface area contributed by atoms with Crippen LogP contribution in [0.15, 0.2) is 40.8 Å². The zero-order chi connectivity index (χ0) is 21.0. The van der Waals surface area contributed by atoms with E-state index in [2.05, 4.69) is 5.32 Å². The molecule has 4 rings (SSSR count). The summed E-state index contributed by atoms with van der Waals surface area (Å²) in [5.41, 5.74) is 0.744. The average molecular weight is 436 g/mol. The molecule has 0 spiro atoms. The van der Waals surface area contributed by atoms with Crippen molar-refractivity contribution in [1.29, 1.82) is 0 Å². The van der Waals surface area contributed by atoms with Gasteiger partial charge < -0.3 is 19.2 Å². The van der Waals surface area contributed by atoms with Crippen molar-refractivity contribution in [2.45, 2.75) is 30.7 Å². The molecule has 8 heteroatoms. The lowest BCUT2D eigenvalue weighted by molar-refractivity contribution is -0.158. The van der Waals surface area contributed by atoms with E-state index in [9.17, 15) is 9.59 Å². The van der Waals surface area contributed by atoms with Gasteiger partial charge in [0.2, 0.25) is 0 Å². The molecule has 29 heavy (non-hydrogen) atoms. The summed E-state index contributed by atoms with van der Waals surface area (Å²) >= 11 is 12.0. The smallest absolute Gasteiger partial charge is 0.315 e. The molecule has 0 aliphatic heterocycles. The molecule has 1 fully saturated rings. The first-order valence-corrected chi connectivity index (χ1v) is 9.81. The van der Waals surface area contributed by atoms with Crippen LogP contribution in [-0.4, -0.2) is 29.4 Å². The number of alkyl halides is 2. The first-order chi connectivity index (χ1) is 13.7. The third-order valence-electron chi connectivity index (χ3n) is 5.32. The first kappa shape index (κ1) is 19.9. The molecule has 1 N–H and O–H groups in total. The van der Waals surface area contributed by atoms with E-state index >= 15 is 0 Å². The Balaban J connectivity index is 1.55. The highest BCUT2D eigenvalue weighted by Crippen LogP contribution is 2.64. The lowest BCUT2D eigenvalue weighted by atomic mass is 10.1. The molecule has 2 aromatic carbocycles. The van der Waals surface area contributed by atoms with Crippen LogP contribution in [0.4, 0.5) is 5.69 Å². The van der Waals surface area contributed by atoms with E-state index in [0.29, 0.717) is 17.0 Å². The number of methoxy groups -OCH3 is 1. The van der Waals surface area contributed by atoms with Gasteiger partial charge in [0.15, 0.2) is 6.10 Å². The molecule has 152 valence electrons. The van der Waals surface area contributed by atoms with E-state index in [1.54, 1.807) is 19.1 Å². The van der Waals surface area contributed by atoms with Gasteiger partial charge in [0.25, 0.3) is 5.91 Å². The number of rotatable bonds is 5. The van der Waals surface area contributed by atoms with Crippen LogP contribution >= 0.6 is 23.2 Å². The number of furan rings is 1. The topological polar surface area (TPSA) is 77.8 Å². The Labute approximate surface area is 177 Å². The molecule has 1 aliphatic carbocycles. The highest BCUT2D eigenvalue weighted by atomic mass is 35.5. The molecule has 0 bridgehead atoms. The van der Waals surface area contributed by atoms with Crippen molar-refractivity contribution >= 4 is 62.7 Å². The minimum atomic E-state index is -1.16. The second kappa shape index (κ2) is 6.82. The quantitative estimate of drug-likeness (QED) is 0.448. The summed E-state index contributed by atoms with van der Waals surface area (Å²) in [5.74, 6) is -0.651. The first-order valence-electron chi connectivity index (χ1n) is 9.05. The molecular weight excluding hydrogens is 417 g/mol. The van der Waals surface area contributed by atoms with E-state index in [0.717, 1.165) is 16.4 Å². The summed E-state index contributed by atoms with van der Waals surface area (Å²) in [6.45, 7) is 3.09. The van der Waals surface area contributed by atoms with Gasteiger partial charge in [-0.25, -0.2) is 0 Å². The van der Waals surface area contributed by atoms with Crippen LogP contribution in [0.3, 0.4) is 0 Å². The van der Waals surface area contributed by atoms with Gasteiger partial charge in [-0.05, 0) is 26.0 Å². The second-order valence-electron chi connectivity index (χ2n) is 7.40. The van der Waals surface area contributed by atoms with Crippen LogP contribution in [0.25, 0.3) is 21.9 Å². The van der Waals surface area contributed by atoms with Crippen molar-refractivity contribution in [3.63, 3.8) is 0 Å². The fourth-order valence-electron chi connectivity index (χ4n) is 3.22. The van der Waals surface area contributed by atoms with Crippen LogP contribution in [0, 0.1) is 5.41 Å². The van der Waals surface area contributed by atoms with Crippen molar-refractivity contribution in [2.75, 3.05) is 12.4 Å². The van der Waals surface area contributed by atoms with Crippen LogP contribution < -0.4 is 10.1 Å². The number of benzene rings is 2. The van der Waals surface area contributed by atoms with Gasteiger partial charge in [-0.1, -0.05) is 18.2 Å². The van der Waals surface area contributed by atoms with Crippen molar-refractivity contribution in [2.24, 2.45) is 5.41 Å². The van der Waals surface area contributed by atoms with E-state index in [-0.39, 0.29) is 6.42 Å². The molecule has 3 aromatic rings. The highest BCUT2D eigenvalue weighted by molar-refractivity contribution is 6.53. The molecule has 1 heterocycles. The predicted octanol–water partition coefficient (Wildman–Crippen LogP) is 5.05. The fraction of sp³-hybridized carbons (Fsp3) is 0.333. The van der Waals surface area contributed by atoms with E-state index in [4.69, 9.17) is 37.1 Å². The van der Waals surface area contributed by atoms with Gasteiger partial charge >= 0.3 is 5.97 Å². The maximum absolute atomic E-state index is 12.6. The average Bonchev–Trinajstić information content (AvgIpc) is 3.04. The maximum atomic E-state index is 12.6. The Morgan fingerprint density at radius 2 is 1.86 bits per heavy atom. The summed E-state index contributed by atoms with van der Waals surface area (Å²) in [5, 5.41) is 4.55. The number of hydrogen-bond donors (Lipinski definition) is 1. The maximum Gasteiger partial charge on any atom is 0.315 e. The third-order valence-corrected chi connectivity index (χ3v) is 6.42. The number of carbonyl (C=O) groups is 2. The van der Waals surface area contributed by atoms with Gasteiger partial charge in [-0.2, -0.15) is 0 Å². The van der Waals surface area contributed by atoms with Crippen LogP contribution in [0.1, 0.15) is 20.3 Å². The zero-order valence-corrected chi connectivity index (χ0v) is 17.6. The lowest BCUT2D eigenvalue weighted by Gasteiger charge is -2.18. The van der Waals surface area contributed by atoms with Gasteiger partial charge in [-0.3, -0.25) is 9.59 Å². The number of para-hydroxylation sites is 1. The zero-order valence-electron chi connectivity index (χ0n) is 16.0. The Hall–Kier alpha value is -2.44. The Kier molecular flexibility index (Phi) is 4.67. The largest absolute Gasteiger partial charge is 0.495 e. The van der Waals surface area contributed by atoms with Crippen molar-refractivity contribution < 1.29 is 23.5 Å². The number of carbonyl (C=O) groups excluding carboxylic acids is 2. The minimum absolute atomic E-state index is 0.285. The number of hydrogen-bond acceptors (Lipinski definition) is 5. The van der Waals surface area contributed by atoms with E-state index < -0.39 is 27.7 Å². The molecule has 0 saturated heterocycles. The van der Waals surface area contributed by atoms with Crippen molar-refractivity contribution in [3.05, 3.63) is 36.4 Å². The number of fused-ring (bicyclic) bond motifs is 3. The lowest BCUT2D eigenvalue weighted by Crippen LogP contribution is -2.33. The molecule has 2 unspecified atom stereocenters. The minimum Gasteiger partial charge on any atom is -0.495 e. The standard InChI is InChI=1S/C21H19Cl2NO5/c1-11(28-19(26)20(2)10-21(20,22)23)18(25)24-14-9-16-13(8-17(14)27-3)12-6-4-5-7-15(12)29-16/h4-9,11H,10H2,1-3H3,(H,24,25). The molecule has 6 nitrogen and oxygen atoms in total. The summed E-state index contributed by atoms with van der Waals surface area (Å²) in [7, 11) is 1.51. The fourth-order valence-corrected chi connectivity index (χ4v) is 3.91. The van der Waals surface area contributed by atoms with E-state index in [1.165, 1.54) is 14.0 Å². The number of anilines is 1. The summed E-state index contributed by atoms with van der Waals surface area (Å²) in [6, 6.07) is 11.1. The van der Waals surface area contributed by atoms with Gasteiger partial charge in [0.05, 0.1) is 12.8 Å². The van der Waals surface area contributed by atoms with Gasteiger partial charge in [0.1, 0.15) is 26.7 Å². The SMILES string of the molecule is COc1cc2c(cc1NC(=O)C(C)OC(=O)C1(C)CC1(Cl)Cl)oc1ccccc12. The van der Waals surface area contributed by atoms with Crippen LogP contribution in [-0.2, 0) is 14.3 Å². The molecule has 1 saturated carbocycles. The molecular formula is C21H19Cl2NO5. The molecule has 1 amide bonds. The molecule has 1 aliphatic rings. The van der Waals surface area contributed by atoms with Crippen LogP contribution in [0.2, 0.25) is 0 Å². The number of nitrogens with one attached hydrogen (secondary N) is 1. The highest BCUT2D eigenvalue weighted by Gasteiger charge is 2.69. The Bertz CT molecular complexity index is 1140. The normalized spacial score (nSPS) is 21.0. The Morgan fingerprint density at radius 3 is 2.52 bits per heavy atom. The van der Waals surface area contributed by atoms with Gasteiger partial charge in [0, 0.05) is 23.3 Å². The van der Waals surface area contributed by atoms with Crippen LogP contribution in [0.5, 0.6) is 5.75 Å². The molecule has 2 atom stereocenters. The van der Waals surface area contributed by atoms with Gasteiger partial charge in [-0.15, -0.1) is 23.2 Å². The number of esters is 1. The predicted molar refractivity (Wildman–Crippen MR) is 112 cm³/mol. The summed E-state index contributed by atoms with van der Waals surface area (Å²) < 4.78 is 15.4. The number of amides is 1. The Morgan fingerprint density at radius 1 is 1.17 bits per heavy atom. The summed E-state index contributed by atoms with van der Waals surface area (Å²) in [6.07, 6.45) is -0.757. The number of ether oxygens (including phenoxy) is 2. The van der Waals surface area contributed by atoms with Crippen molar-refractivity contribution in [3.8, 4) is 5.75 Å². The summed E-state index contributed by atoms with van der Waals surface area (Å²) in [4.78, 5) is 24.9. The monoisotopic (exact) mass is 435 g/mol. The van der Waals surface area contributed by atoms with E-state index in [1.807, 2.05) is 24.3 Å².